The molecule has 60 heavy (non-hydrogen) atoms. The molecule has 0 unspecified atom stereocenters. The van der Waals surface area contributed by atoms with Gasteiger partial charge in [-0.05, 0) is 110 Å². The average molecular weight is 778 g/mol. The molecule has 0 atom stereocenters. The second-order valence-electron chi connectivity index (χ2n) is 17.6. The first-order valence-corrected chi connectivity index (χ1v) is 20.6. The van der Waals surface area contributed by atoms with Crippen LogP contribution in [0.25, 0.3) is 77.5 Å². The maximum absolute atomic E-state index is 12.1. The van der Waals surface area contributed by atoms with E-state index in [2.05, 4.69) is 167 Å². The van der Waals surface area contributed by atoms with Gasteiger partial charge in [0, 0.05) is 33.0 Å². The van der Waals surface area contributed by atoms with Gasteiger partial charge in [-0.15, -0.1) is 0 Å². The molecular formula is C55H43N3O2. The Bertz CT molecular complexity index is 3280. The highest BCUT2D eigenvalue weighted by Gasteiger charge is 2.39. The van der Waals surface area contributed by atoms with Crippen LogP contribution < -0.4 is 4.90 Å². The Kier molecular flexibility index (Phi) is 7.86. The first kappa shape index (κ1) is 35.9. The molecule has 0 spiro atoms. The number of furan rings is 1. The maximum atomic E-state index is 12.1. The lowest BCUT2D eigenvalue weighted by Crippen LogP contribution is -2.18. The molecule has 5 nitrogen and oxygen atoms in total. The van der Waals surface area contributed by atoms with Crippen molar-refractivity contribution in [3.63, 3.8) is 0 Å². The minimum Gasteiger partial charge on any atom is -0.507 e. The van der Waals surface area contributed by atoms with Crippen molar-refractivity contribution in [2.24, 2.45) is 0 Å². The molecular weight excluding hydrogens is 735 g/mol. The van der Waals surface area contributed by atoms with Crippen LogP contribution in [0.4, 0.5) is 17.3 Å². The van der Waals surface area contributed by atoms with E-state index < -0.39 is 5.41 Å². The summed E-state index contributed by atoms with van der Waals surface area (Å²) in [4.78, 5) is 13.1. The fourth-order valence-electron chi connectivity index (χ4n) is 9.33. The second kappa shape index (κ2) is 13.1. The highest BCUT2D eigenvalue weighted by Crippen LogP contribution is 2.54. The lowest BCUT2D eigenvalue weighted by molar-refractivity contribution is 0.476. The van der Waals surface area contributed by atoms with Crippen LogP contribution in [0.15, 0.2) is 168 Å². The number of aromatic nitrogens is 2. The van der Waals surface area contributed by atoms with E-state index in [1.807, 2.05) is 36.4 Å². The van der Waals surface area contributed by atoms with Gasteiger partial charge < -0.3 is 9.52 Å². The third-order valence-corrected chi connectivity index (χ3v) is 12.5. The molecule has 0 amide bonds. The van der Waals surface area contributed by atoms with Crippen LogP contribution in [0.1, 0.15) is 51.3 Å². The molecule has 0 fully saturated rings. The molecule has 5 heteroatoms. The second-order valence-corrected chi connectivity index (χ2v) is 17.6. The molecule has 11 rings (SSSR count). The lowest BCUT2D eigenvalue weighted by atomic mass is 9.81. The van der Waals surface area contributed by atoms with Crippen molar-refractivity contribution < 1.29 is 9.52 Å². The number of aromatic hydroxyl groups is 1. The molecule has 0 saturated carbocycles. The molecule has 290 valence electrons. The van der Waals surface area contributed by atoms with Crippen molar-refractivity contribution in [2.45, 2.75) is 45.4 Å². The quantitative estimate of drug-likeness (QED) is 0.170. The van der Waals surface area contributed by atoms with Crippen molar-refractivity contribution in [1.29, 1.82) is 0 Å². The number of pyridine rings is 2. The summed E-state index contributed by atoms with van der Waals surface area (Å²) in [5.74, 6) is 1.67. The van der Waals surface area contributed by atoms with Gasteiger partial charge in [0.05, 0.1) is 11.4 Å². The predicted molar refractivity (Wildman–Crippen MR) is 247 cm³/mol. The molecule has 7 aromatic carbocycles. The summed E-state index contributed by atoms with van der Waals surface area (Å²) in [6, 6.07) is 56.9. The summed E-state index contributed by atoms with van der Waals surface area (Å²) in [6.45, 7) is 11.2. The van der Waals surface area contributed by atoms with E-state index in [1.165, 1.54) is 0 Å². The van der Waals surface area contributed by atoms with Gasteiger partial charge in [-0.25, -0.2) is 9.97 Å². The third-order valence-electron chi connectivity index (χ3n) is 12.5. The van der Waals surface area contributed by atoms with Crippen LogP contribution in [-0.2, 0) is 10.8 Å². The molecule has 0 bridgehead atoms. The fraction of sp³-hybridized carbons (Fsp3) is 0.127. The Morgan fingerprint density at radius 3 is 2.00 bits per heavy atom. The smallest absolute Gasteiger partial charge is 0.145 e. The van der Waals surface area contributed by atoms with Crippen LogP contribution in [0, 0.1) is 0 Å². The minimum absolute atomic E-state index is 0.194. The van der Waals surface area contributed by atoms with Gasteiger partial charge in [-0.2, -0.15) is 0 Å². The number of rotatable bonds is 6. The van der Waals surface area contributed by atoms with Crippen molar-refractivity contribution in [3.8, 4) is 50.5 Å². The molecule has 1 N–H and O–H groups in total. The predicted octanol–water partition coefficient (Wildman–Crippen LogP) is 14.7. The number of hydrogen-bond donors (Lipinski definition) is 1. The highest BCUT2D eigenvalue weighted by molar-refractivity contribution is 6.24. The summed E-state index contributed by atoms with van der Waals surface area (Å²) in [7, 11) is 0. The zero-order chi connectivity index (χ0) is 40.9. The van der Waals surface area contributed by atoms with Crippen LogP contribution in [-0.4, -0.2) is 15.1 Å². The normalized spacial score (nSPS) is 13.3. The number of phenolic OH excluding ortho intramolecular Hbond substituents is 1. The van der Waals surface area contributed by atoms with E-state index in [1.54, 1.807) is 0 Å². The lowest BCUT2D eigenvalue weighted by Gasteiger charge is -2.28. The number of fused-ring (bicyclic) bond motifs is 3. The van der Waals surface area contributed by atoms with Crippen molar-refractivity contribution in [3.05, 3.63) is 180 Å². The number of nitrogens with zero attached hydrogens (tertiary/aromatic N) is 3. The van der Waals surface area contributed by atoms with Crippen molar-refractivity contribution in [2.75, 3.05) is 4.90 Å². The molecule has 0 radical (unpaired) electrons. The molecule has 1 aliphatic carbocycles. The first-order chi connectivity index (χ1) is 29.0. The molecule has 3 heterocycles. The number of anilines is 3. The van der Waals surface area contributed by atoms with E-state index in [9.17, 15) is 5.11 Å². The minimum atomic E-state index is -0.414. The van der Waals surface area contributed by atoms with E-state index >= 15 is 0 Å². The summed E-state index contributed by atoms with van der Waals surface area (Å²) < 4.78 is 6.69. The van der Waals surface area contributed by atoms with Gasteiger partial charge in [0.1, 0.15) is 28.6 Å². The summed E-state index contributed by atoms with van der Waals surface area (Å²) in [5, 5.41) is 16.6. The Labute approximate surface area is 349 Å². The van der Waals surface area contributed by atoms with Gasteiger partial charge in [-0.3, -0.25) is 4.90 Å². The van der Waals surface area contributed by atoms with E-state index in [0.717, 1.165) is 106 Å². The van der Waals surface area contributed by atoms with Crippen LogP contribution in [0.2, 0.25) is 0 Å². The summed E-state index contributed by atoms with van der Waals surface area (Å²) in [5.41, 5.74) is 12.9. The van der Waals surface area contributed by atoms with Crippen LogP contribution in [0.3, 0.4) is 0 Å². The number of benzene rings is 7. The van der Waals surface area contributed by atoms with E-state index in [0.29, 0.717) is 5.82 Å². The van der Waals surface area contributed by atoms with E-state index in [-0.39, 0.29) is 11.2 Å². The fourth-order valence-corrected chi connectivity index (χ4v) is 9.33. The topological polar surface area (TPSA) is 62.4 Å². The summed E-state index contributed by atoms with van der Waals surface area (Å²) >= 11 is 0. The SMILES string of the molecule is CC(C)(C)c1cc(-c2ccc3ccc4cccc5oc2c3c45)nc(N(c2ccccc2)c2ccc3c(n2)-c2c(O)cc(-c4ccccc4-c4ccccc4)cc2C3(C)C)c1. The number of phenols is 1. The van der Waals surface area contributed by atoms with E-state index in [4.69, 9.17) is 14.4 Å². The molecule has 3 aromatic heterocycles. The molecule has 1 aliphatic rings. The monoisotopic (exact) mass is 777 g/mol. The summed E-state index contributed by atoms with van der Waals surface area (Å²) in [6.07, 6.45) is 0. The van der Waals surface area contributed by atoms with Gasteiger partial charge >= 0.3 is 0 Å². The number of hydrogen-bond acceptors (Lipinski definition) is 5. The zero-order valence-corrected chi connectivity index (χ0v) is 34.3. The maximum Gasteiger partial charge on any atom is 0.145 e. The number of para-hydroxylation sites is 1. The zero-order valence-electron chi connectivity index (χ0n) is 34.3. The first-order valence-electron chi connectivity index (χ1n) is 20.6. The van der Waals surface area contributed by atoms with Gasteiger partial charge in [-0.1, -0.05) is 144 Å². The van der Waals surface area contributed by atoms with Crippen molar-refractivity contribution >= 4 is 50.0 Å². The Balaban J connectivity index is 1.09. The van der Waals surface area contributed by atoms with Gasteiger partial charge in [0.2, 0.25) is 0 Å². The Morgan fingerprint density at radius 1 is 0.567 bits per heavy atom. The highest BCUT2D eigenvalue weighted by atomic mass is 16.3. The van der Waals surface area contributed by atoms with Crippen molar-refractivity contribution in [1.82, 2.24) is 9.97 Å². The molecule has 0 saturated heterocycles. The Hall–Kier alpha value is -7.24. The largest absolute Gasteiger partial charge is 0.507 e. The van der Waals surface area contributed by atoms with Gasteiger partial charge in [0.25, 0.3) is 0 Å². The van der Waals surface area contributed by atoms with Crippen LogP contribution in [0.5, 0.6) is 5.75 Å². The average Bonchev–Trinajstić information content (AvgIpc) is 3.76. The Morgan fingerprint density at radius 2 is 1.25 bits per heavy atom. The van der Waals surface area contributed by atoms with Gasteiger partial charge in [0.15, 0.2) is 0 Å². The molecule has 10 aromatic rings. The standard InChI is InChI=1S/C55H43N3O2/c1-54(2,3)37-31-44(41-26-25-35-24-23-34-17-14-22-46-49(34)50(35)53(41)60-46)56-48(32-37)58(38-18-10-7-11-19-38)47-28-27-42-52(57-47)51-43(55(42,4)5)29-36(30-45(51)59)40-21-13-12-20-39(40)33-15-8-6-9-16-33/h6-32,59H,1-5H3. The third kappa shape index (κ3) is 5.53. The van der Waals surface area contributed by atoms with Crippen LogP contribution >= 0.6 is 0 Å². The molecule has 0 aliphatic heterocycles.